The molecule has 10 fully saturated rings. The molecule has 8 unspecified atom stereocenters. The van der Waals surface area contributed by atoms with Gasteiger partial charge in [0.1, 0.15) is 0 Å². The fraction of sp³-hybridized carbons (Fsp3) is 0.500. The third-order valence-electron chi connectivity index (χ3n) is 18.0. The van der Waals surface area contributed by atoms with Crippen LogP contribution in [0.3, 0.4) is 0 Å². The summed E-state index contributed by atoms with van der Waals surface area (Å²) in [5.41, 5.74) is 3.40. The van der Waals surface area contributed by atoms with Gasteiger partial charge in [-0.15, -0.1) is 0 Å². The van der Waals surface area contributed by atoms with E-state index in [2.05, 4.69) is 60.7 Å². The monoisotopic (exact) mass is 366 g/mol. The van der Waals surface area contributed by atoms with E-state index < -0.39 is 6.51 Å². The zero-order chi connectivity index (χ0) is 15.6. The molecule has 0 aromatic heterocycles. The summed E-state index contributed by atoms with van der Waals surface area (Å²) < 4.78 is 1.98. The van der Waals surface area contributed by atoms with Gasteiger partial charge in [0.2, 0.25) is 0 Å². The molecule has 1 heteroatoms. The molecule has 12 rings (SSSR count). The van der Waals surface area contributed by atoms with Gasteiger partial charge in [-0.1, -0.05) is 0 Å². The van der Waals surface area contributed by atoms with Crippen LogP contribution in [-0.4, -0.2) is 0 Å². The average Bonchev–Trinajstić information content (AvgIpc) is 3.60. The van der Waals surface area contributed by atoms with Crippen LogP contribution in [0.1, 0.15) is 11.1 Å². The van der Waals surface area contributed by atoms with E-state index in [9.17, 15) is 0 Å². The normalized spacial score (nSPS) is 87.5. The molecule has 0 radical (unpaired) electrons. The van der Waals surface area contributed by atoms with Crippen molar-refractivity contribution in [3.63, 3.8) is 0 Å². The van der Waals surface area contributed by atoms with E-state index in [-0.39, 0.29) is 0 Å². The van der Waals surface area contributed by atoms with Crippen molar-refractivity contribution in [2.75, 3.05) is 0 Å². The van der Waals surface area contributed by atoms with Crippen LogP contribution >= 0.6 is 0 Å². The summed E-state index contributed by atoms with van der Waals surface area (Å²) in [7, 11) is 0. The molecule has 10 aliphatic rings. The number of fused-ring (bicyclic) bond motifs is 10. The Hall–Kier alpha value is -1.04. The molecular formula is C24H22Fe. The van der Waals surface area contributed by atoms with Gasteiger partial charge in [-0.25, -0.2) is 0 Å². The first kappa shape index (κ1) is 10.3. The van der Waals surface area contributed by atoms with E-state index in [0.717, 1.165) is 8.63 Å². The maximum atomic E-state index is 2.45. The summed E-state index contributed by atoms with van der Waals surface area (Å²) in [6, 6.07) is 23.4. The Bertz CT molecular complexity index is 1360. The van der Waals surface area contributed by atoms with Crippen LogP contribution in [0.15, 0.2) is 60.7 Å². The van der Waals surface area contributed by atoms with Crippen LogP contribution in [0.25, 0.3) is 0 Å². The van der Waals surface area contributed by atoms with Crippen molar-refractivity contribution in [2.45, 2.75) is 60.0 Å². The van der Waals surface area contributed by atoms with Crippen molar-refractivity contribution >= 4 is 0 Å². The molecule has 10 saturated heterocycles. The molecule has 10 aliphatic heterocycles. The van der Waals surface area contributed by atoms with Crippen LogP contribution in [0.2, 0.25) is 47.2 Å². The van der Waals surface area contributed by atoms with Crippen LogP contribution in [0, 0.1) is 0 Å². The number of hydrogen-bond donors (Lipinski definition) is 0. The van der Waals surface area contributed by atoms with E-state index in [0.29, 0.717) is 0 Å². The van der Waals surface area contributed by atoms with Crippen LogP contribution in [-0.2, 0) is 19.4 Å². The molecule has 0 bridgehead atoms. The van der Waals surface area contributed by atoms with E-state index in [1.165, 1.54) is 51.4 Å². The van der Waals surface area contributed by atoms with Gasteiger partial charge in [0.25, 0.3) is 0 Å². The van der Waals surface area contributed by atoms with Crippen LogP contribution in [0.4, 0.5) is 0 Å². The van der Waals surface area contributed by atoms with Crippen molar-refractivity contribution in [2.24, 2.45) is 0 Å². The Labute approximate surface area is 138 Å². The second-order valence-electron chi connectivity index (χ2n) is 13.4. The van der Waals surface area contributed by atoms with Crippen LogP contribution < -0.4 is 0 Å². The summed E-state index contributed by atoms with van der Waals surface area (Å²) >= 11 is 0. The molecular weight excluding hydrogens is 344 g/mol. The Morgan fingerprint density at radius 3 is 1.24 bits per heavy atom. The van der Waals surface area contributed by atoms with Crippen molar-refractivity contribution in [1.82, 2.24) is 0 Å². The third-order valence-corrected chi connectivity index (χ3v) is 62.0. The number of benzene rings is 2. The molecule has 2 aromatic carbocycles. The number of rotatable bonds is 4. The third kappa shape index (κ3) is 0.160. The Kier molecular flexibility index (Phi) is 0.477. The molecule has 8 atom stereocenters. The first-order valence-electron chi connectivity index (χ1n) is 10.4. The first-order valence-corrected chi connectivity index (χ1v) is 16.6. The summed E-state index contributed by atoms with van der Waals surface area (Å²) in [6.45, 7) is -3.21. The molecule has 1 spiro atoms. The molecule has 2 aromatic rings. The first-order chi connectivity index (χ1) is 12.1. The van der Waals surface area contributed by atoms with E-state index >= 15 is 0 Å². The quantitative estimate of drug-likeness (QED) is 0.535. The van der Waals surface area contributed by atoms with E-state index in [1.54, 1.807) is 11.1 Å². The molecule has 0 aliphatic carbocycles. The van der Waals surface area contributed by atoms with Crippen molar-refractivity contribution < 1.29 is 6.51 Å². The summed E-state index contributed by atoms with van der Waals surface area (Å²) in [5, 5.41) is 0. The predicted octanol–water partition coefficient (Wildman–Crippen LogP) is 6.60. The standard InChI is InChI=1S/2C12H11.Fe/c2*1-2-6-11(7-3-1)10-12-8-4-5-9-12;/h2*1-9H,10H2;. The topological polar surface area (TPSA) is 0 Å². The Morgan fingerprint density at radius 2 is 0.920 bits per heavy atom. The fourth-order valence-corrected chi connectivity index (χ4v) is 97.8. The minimum atomic E-state index is -3.21. The van der Waals surface area contributed by atoms with Gasteiger partial charge in [-0.05, 0) is 0 Å². The molecule has 25 heavy (non-hydrogen) atoms. The molecule has 0 nitrogen and oxygen atoms in total. The van der Waals surface area contributed by atoms with Gasteiger partial charge >= 0.3 is 138 Å². The van der Waals surface area contributed by atoms with Gasteiger partial charge in [0.15, 0.2) is 0 Å². The van der Waals surface area contributed by atoms with Crippen molar-refractivity contribution in [3.8, 4) is 0 Å². The van der Waals surface area contributed by atoms with Gasteiger partial charge in [-0.3, -0.25) is 0 Å². The van der Waals surface area contributed by atoms with E-state index in [4.69, 9.17) is 0 Å². The summed E-state index contributed by atoms with van der Waals surface area (Å²) in [6.07, 6.45) is 3.06. The van der Waals surface area contributed by atoms with Gasteiger partial charge in [-0.2, -0.15) is 0 Å². The van der Waals surface area contributed by atoms with Crippen LogP contribution in [0.5, 0.6) is 0 Å². The summed E-state index contributed by atoms with van der Waals surface area (Å²) in [5.74, 6) is 0. The molecule has 0 saturated carbocycles. The van der Waals surface area contributed by atoms with E-state index in [1.807, 2.05) is 0 Å². The molecule has 0 N–H and O–H groups in total. The van der Waals surface area contributed by atoms with Crippen molar-refractivity contribution in [3.05, 3.63) is 71.8 Å². The number of hydrogen-bond acceptors (Lipinski definition) is 0. The summed E-state index contributed by atoms with van der Waals surface area (Å²) in [4.78, 5) is 11.2. The molecule has 126 valence electrons. The minimum absolute atomic E-state index is 0.991. The second kappa shape index (κ2) is 1.15. The zero-order valence-corrected chi connectivity index (χ0v) is 15.3. The Balaban J connectivity index is 1.20. The predicted molar refractivity (Wildman–Crippen MR) is 95.7 cm³/mol. The van der Waals surface area contributed by atoms with Gasteiger partial charge in [0, 0.05) is 0 Å². The van der Waals surface area contributed by atoms with Crippen molar-refractivity contribution in [1.29, 1.82) is 0 Å². The second-order valence-corrected chi connectivity index (χ2v) is 36.8. The maximum absolute atomic E-state index is 3.21. The SMILES string of the molecule is c1ccc(C[C]23[CH]4[CH]5[CH]6[CH]2[Fe]56432789[CH]3[CH]2[CH]7[C]8(Cc2ccccc2)[CH]39)cc1. The molecule has 10 heterocycles. The average molecular weight is 366 g/mol. The Morgan fingerprint density at radius 1 is 0.560 bits per heavy atom. The van der Waals surface area contributed by atoms with Gasteiger partial charge in [0.05, 0.1) is 0 Å². The molecule has 0 amide bonds. The fourth-order valence-electron chi connectivity index (χ4n) is 20.3. The van der Waals surface area contributed by atoms with Gasteiger partial charge < -0.3 is 0 Å². The zero-order valence-electron chi connectivity index (χ0n) is 14.2.